The van der Waals surface area contributed by atoms with Crippen LogP contribution < -0.4 is 4.74 Å². The van der Waals surface area contributed by atoms with Gasteiger partial charge in [-0.1, -0.05) is 91.0 Å². The van der Waals surface area contributed by atoms with E-state index in [0.717, 1.165) is 27.8 Å². The molecule has 0 aliphatic rings. The minimum atomic E-state index is -0.759. The summed E-state index contributed by atoms with van der Waals surface area (Å²) < 4.78 is 11.2. The topological polar surface area (TPSA) is 35.5 Å². The molecule has 166 valence electrons. The van der Waals surface area contributed by atoms with E-state index in [-0.39, 0.29) is 5.97 Å². The van der Waals surface area contributed by atoms with Crippen LogP contribution >= 0.6 is 0 Å². The standard InChI is InChI=1S/C30H28O3/c1-4-33-29(31)28-22(2)20-26(32-3)21-27(28)30(23-14-8-5-9-15-23,24-16-10-6-11-17-24)25-18-12-7-13-19-25/h5-21H,4H2,1-3H3. The Bertz CT molecular complexity index is 1120. The zero-order chi connectivity index (χ0) is 23.3. The zero-order valence-corrected chi connectivity index (χ0v) is 19.2. The SMILES string of the molecule is CCOC(=O)c1c(C)cc(OC)cc1C(c1ccccc1)(c1ccccc1)c1ccccc1. The normalized spacial score (nSPS) is 11.1. The molecule has 3 heteroatoms. The van der Waals surface area contributed by atoms with Crippen LogP contribution in [-0.4, -0.2) is 19.7 Å². The molecular weight excluding hydrogens is 408 g/mol. The summed E-state index contributed by atoms with van der Waals surface area (Å²) in [6, 6.07) is 34.8. The molecular formula is C30H28O3. The summed E-state index contributed by atoms with van der Waals surface area (Å²) in [5.74, 6) is 0.363. The molecule has 33 heavy (non-hydrogen) atoms. The summed E-state index contributed by atoms with van der Waals surface area (Å²) in [7, 11) is 1.65. The molecule has 0 atom stereocenters. The van der Waals surface area contributed by atoms with Gasteiger partial charge >= 0.3 is 5.97 Å². The van der Waals surface area contributed by atoms with Crippen molar-refractivity contribution in [3.63, 3.8) is 0 Å². The van der Waals surface area contributed by atoms with Crippen LogP contribution in [0.1, 0.15) is 45.1 Å². The van der Waals surface area contributed by atoms with Crippen molar-refractivity contribution in [2.75, 3.05) is 13.7 Å². The Balaban J connectivity index is 2.22. The maximum Gasteiger partial charge on any atom is 0.338 e. The van der Waals surface area contributed by atoms with E-state index in [1.165, 1.54) is 0 Å². The minimum Gasteiger partial charge on any atom is -0.497 e. The van der Waals surface area contributed by atoms with Gasteiger partial charge in [-0.05, 0) is 53.8 Å². The molecule has 0 saturated carbocycles. The highest BCUT2D eigenvalue weighted by molar-refractivity contribution is 5.94. The smallest absolute Gasteiger partial charge is 0.338 e. The molecule has 0 radical (unpaired) electrons. The lowest BCUT2D eigenvalue weighted by Crippen LogP contribution is -2.33. The van der Waals surface area contributed by atoms with Crippen molar-refractivity contribution in [1.82, 2.24) is 0 Å². The molecule has 4 aromatic carbocycles. The summed E-state index contributed by atoms with van der Waals surface area (Å²) in [5.41, 5.74) is 4.62. The number of esters is 1. The minimum absolute atomic E-state index is 0.304. The van der Waals surface area contributed by atoms with E-state index < -0.39 is 5.41 Å². The molecule has 3 nitrogen and oxygen atoms in total. The fraction of sp³-hybridized carbons (Fsp3) is 0.167. The number of hydrogen-bond acceptors (Lipinski definition) is 3. The number of carbonyl (C=O) groups is 1. The van der Waals surface area contributed by atoms with Gasteiger partial charge in [-0.2, -0.15) is 0 Å². The lowest BCUT2D eigenvalue weighted by atomic mass is 9.63. The fourth-order valence-electron chi connectivity index (χ4n) is 4.67. The van der Waals surface area contributed by atoms with E-state index >= 15 is 0 Å². The van der Waals surface area contributed by atoms with Crippen molar-refractivity contribution in [2.24, 2.45) is 0 Å². The number of aryl methyl sites for hydroxylation is 1. The molecule has 0 amide bonds. The zero-order valence-electron chi connectivity index (χ0n) is 19.2. The van der Waals surface area contributed by atoms with Crippen LogP contribution in [0.3, 0.4) is 0 Å². The van der Waals surface area contributed by atoms with Crippen molar-refractivity contribution < 1.29 is 14.3 Å². The molecule has 0 unspecified atom stereocenters. The van der Waals surface area contributed by atoms with Gasteiger partial charge < -0.3 is 9.47 Å². The Morgan fingerprint density at radius 3 is 1.61 bits per heavy atom. The van der Waals surface area contributed by atoms with Crippen LogP contribution in [0, 0.1) is 6.92 Å². The molecule has 0 aliphatic carbocycles. The van der Waals surface area contributed by atoms with Gasteiger partial charge in [0.25, 0.3) is 0 Å². The molecule has 4 aromatic rings. The first-order valence-electron chi connectivity index (χ1n) is 11.2. The third-order valence-electron chi connectivity index (χ3n) is 6.05. The summed E-state index contributed by atoms with van der Waals surface area (Å²) in [6.45, 7) is 4.07. The van der Waals surface area contributed by atoms with Crippen LogP contribution in [0.4, 0.5) is 0 Å². The second-order valence-corrected chi connectivity index (χ2v) is 7.94. The Labute approximate surface area is 195 Å². The predicted molar refractivity (Wildman–Crippen MR) is 132 cm³/mol. The second kappa shape index (κ2) is 9.74. The highest BCUT2D eigenvalue weighted by Crippen LogP contribution is 2.48. The first-order chi connectivity index (χ1) is 16.1. The number of hydrogen-bond donors (Lipinski definition) is 0. The Morgan fingerprint density at radius 1 is 0.758 bits per heavy atom. The molecule has 0 aromatic heterocycles. The third kappa shape index (κ3) is 4.03. The van der Waals surface area contributed by atoms with E-state index in [2.05, 4.69) is 36.4 Å². The molecule has 0 heterocycles. The summed E-state index contributed by atoms with van der Waals surface area (Å²) in [6.07, 6.45) is 0. The van der Waals surface area contributed by atoms with E-state index in [9.17, 15) is 4.79 Å². The molecule has 0 fully saturated rings. The molecule has 0 spiro atoms. The first kappa shape index (κ1) is 22.3. The number of carbonyl (C=O) groups excluding carboxylic acids is 1. The van der Waals surface area contributed by atoms with Gasteiger partial charge in [0.05, 0.1) is 24.7 Å². The van der Waals surface area contributed by atoms with E-state index in [4.69, 9.17) is 9.47 Å². The van der Waals surface area contributed by atoms with Crippen molar-refractivity contribution in [2.45, 2.75) is 19.3 Å². The quantitative estimate of drug-likeness (QED) is 0.243. The van der Waals surface area contributed by atoms with E-state index in [1.54, 1.807) is 7.11 Å². The van der Waals surface area contributed by atoms with Crippen molar-refractivity contribution in [3.8, 4) is 5.75 Å². The Morgan fingerprint density at radius 2 is 1.21 bits per heavy atom. The van der Waals surface area contributed by atoms with Crippen LogP contribution in [0.5, 0.6) is 5.75 Å². The number of methoxy groups -OCH3 is 1. The van der Waals surface area contributed by atoms with Gasteiger partial charge in [0.2, 0.25) is 0 Å². The lowest BCUT2D eigenvalue weighted by molar-refractivity contribution is 0.0523. The number of rotatable bonds is 7. The molecule has 0 bridgehead atoms. The summed E-state index contributed by atoms with van der Waals surface area (Å²) in [5, 5.41) is 0. The van der Waals surface area contributed by atoms with E-state index in [0.29, 0.717) is 17.9 Å². The van der Waals surface area contributed by atoms with Crippen molar-refractivity contribution in [3.05, 3.63) is 137 Å². The third-order valence-corrected chi connectivity index (χ3v) is 6.05. The maximum atomic E-state index is 13.4. The second-order valence-electron chi connectivity index (χ2n) is 7.94. The van der Waals surface area contributed by atoms with Crippen molar-refractivity contribution >= 4 is 5.97 Å². The van der Waals surface area contributed by atoms with Gasteiger partial charge in [0, 0.05) is 0 Å². The highest BCUT2D eigenvalue weighted by Gasteiger charge is 2.42. The maximum absolute atomic E-state index is 13.4. The van der Waals surface area contributed by atoms with Gasteiger partial charge in [0.1, 0.15) is 5.75 Å². The van der Waals surface area contributed by atoms with Crippen LogP contribution in [0.15, 0.2) is 103 Å². The molecule has 0 N–H and O–H groups in total. The largest absolute Gasteiger partial charge is 0.497 e. The number of ether oxygens (including phenoxy) is 2. The van der Waals surface area contributed by atoms with Crippen LogP contribution in [0.25, 0.3) is 0 Å². The summed E-state index contributed by atoms with van der Waals surface area (Å²) in [4.78, 5) is 13.4. The Kier molecular flexibility index (Phi) is 6.60. The highest BCUT2D eigenvalue weighted by atomic mass is 16.5. The lowest BCUT2D eigenvalue weighted by Gasteiger charge is -2.38. The van der Waals surface area contributed by atoms with Gasteiger partial charge in [-0.3, -0.25) is 0 Å². The fourth-order valence-corrected chi connectivity index (χ4v) is 4.67. The Hall–Kier alpha value is -3.85. The summed E-state index contributed by atoms with van der Waals surface area (Å²) >= 11 is 0. The monoisotopic (exact) mass is 436 g/mol. The van der Waals surface area contributed by atoms with E-state index in [1.807, 2.05) is 80.6 Å². The van der Waals surface area contributed by atoms with Crippen molar-refractivity contribution in [1.29, 1.82) is 0 Å². The van der Waals surface area contributed by atoms with Gasteiger partial charge in [-0.15, -0.1) is 0 Å². The first-order valence-corrected chi connectivity index (χ1v) is 11.2. The average molecular weight is 437 g/mol. The van der Waals surface area contributed by atoms with Crippen LogP contribution in [-0.2, 0) is 10.2 Å². The molecule has 0 aliphatic heterocycles. The van der Waals surface area contributed by atoms with Crippen LogP contribution in [0.2, 0.25) is 0 Å². The predicted octanol–water partition coefficient (Wildman–Crippen LogP) is 6.56. The number of benzene rings is 4. The molecule has 0 saturated heterocycles. The average Bonchev–Trinajstić information content (AvgIpc) is 2.86. The molecule has 4 rings (SSSR count). The van der Waals surface area contributed by atoms with Gasteiger partial charge in [0.15, 0.2) is 0 Å². The van der Waals surface area contributed by atoms with Gasteiger partial charge in [-0.25, -0.2) is 4.79 Å².